The zero-order chi connectivity index (χ0) is 27.1. The van der Waals surface area contributed by atoms with Crippen molar-refractivity contribution in [3.8, 4) is 10.4 Å². The number of aliphatic hydroxyl groups excluding tert-OH is 1. The molecule has 7 N–H and O–H groups in total. The fourth-order valence-electron chi connectivity index (χ4n) is 4.24. The van der Waals surface area contributed by atoms with Gasteiger partial charge in [0.15, 0.2) is 0 Å². The average molecular weight is 554 g/mol. The molecule has 1 fully saturated rings. The second kappa shape index (κ2) is 10.3. The topological polar surface area (TPSA) is 149 Å². The van der Waals surface area contributed by atoms with E-state index in [1.54, 1.807) is 18.2 Å². The fourth-order valence-corrected chi connectivity index (χ4v) is 6.92. The Hall–Kier alpha value is -2.61. The number of carbonyl (C=O) groups is 1. The van der Waals surface area contributed by atoms with E-state index in [0.29, 0.717) is 18.5 Å². The van der Waals surface area contributed by atoms with Crippen molar-refractivity contribution in [2.45, 2.75) is 38.4 Å². The Morgan fingerprint density at radius 2 is 1.81 bits per heavy atom. The summed E-state index contributed by atoms with van der Waals surface area (Å²) in [5.74, 6) is -2.04. The second-order valence-corrected chi connectivity index (χ2v) is 13.1. The molecule has 0 radical (unpaired) electrons. The third kappa shape index (κ3) is 6.11. The fraction of sp³-hybridized carbons (Fsp3) is 0.360. The zero-order valence-electron chi connectivity index (χ0n) is 20.2. The molecule has 8 nitrogen and oxygen atoms in total. The molecule has 1 atom stereocenters. The maximum absolute atomic E-state index is 14.9. The number of carbonyl (C=O) groups excluding carboxylic acids is 1. The Bertz CT molecular complexity index is 1290. The van der Waals surface area contributed by atoms with Gasteiger partial charge in [-0.1, -0.05) is 6.07 Å². The van der Waals surface area contributed by atoms with E-state index in [2.05, 4.69) is 10.3 Å². The number of anilines is 2. The highest BCUT2D eigenvalue weighted by Gasteiger charge is 2.30. The maximum Gasteiger partial charge on any atom is 0.251 e. The van der Waals surface area contributed by atoms with Gasteiger partial charge >= 0.3 is 0 Å². The van der Waals surface area contributed by atoms with Gasteiger partial charge in [0, 0.05) is 16.4 Å². The lowest BCUT2D eigenvalue weighted by molar-refractivity contribution is 0.0778. The lowest BCUT2D eigenvalue weighted by Gasteiger charge is -2.40. The molecule has 1 unspecified atom stereocenters. The van der Waals surface area contributed by atoms with E-state index in [9.17, 15) is 32.9 Å². The van der Waals surface area contributed by atoms with E-state index >= 15 is 0 Å². The van der Waals surface area contributed by atoms with E-state index in [1.165, 1.54) is 19.9 Å². The molecular weight excluding hydrogens is 524 g/mol. The molecule has 37 heavy (non-hydrogen) atoms. The highest BCUT2D eigenvalue weighted by atomic mass is 32.3. The quantitative estimate of drug-likeness (QED) is 0.231. The molecule has 0 spiro atoms. The smallest absolute Gasteiger partial charge is 0.251 e. The summed E-state index contributed by atoms with van der Waals surface area (Å²) in [7, 11) is -2.58. The number of halogens is 2. The molecule has 1 aliphatic rings. The molecule has 3 heterocycles. The normalized spacial score (nSPS) is 17.8. The lowest BCUT2D eigenvalue weighted by atomic mass is 9.93. The summed E-state index contributed by atoms with van der Waals surface area (Å²) in [5.41, 5.74) is 4.17. The van der Waals surface area contributed by atoms with Gasteiger partial charge in [-0.05, 0) is 68.5 Å². The van der Waals surface area contributed by atoms with E-state index in [1.807, 2.05) is 0 Å². The average Bonchev–Trinajstić information content (AvgIpc) is 3.21. The third-order valence-corrected chi connectivity index (χ3v) is 9.23. The number of nitrogens with zero attached hydrogens (tertiary/aromatic N) is 1. The highest BCUT2D eigenvalue weighted by molar-refractivity contribution is 8.24. The summed E-state index contributed by atoms with van der Waals surface area (Å²) >= 11 is 0.910. The van der Waals surface area contributed by atoms with Crippen LogP contribution in [0.5, 0.6) is 0 Å². The number of nitrogens with two attached hydrogens (primary N) is 1. The van der Waals surface area contributed by atoms with Crippen molar-refractivity contribution in [3.63, 3.8) is 0 Å². The molecule has 0 saturated carbocycles. The third-order valence-electron chi connectivity index (χ3n) is 6.39. The van der Waals surface area contributed by atoms with Crippen LogP contribution in [0.4, 0.5) is 19.6 Å². The molecule has 1 aromatic carbocycles. The van der Waals surface area contributed by atoms with Gasteiger partial charge in [-0.3, -0.25) is 13.9 Å². The number of aliphatic hydroxyl groups is 2. The molecule has 1 amide bonds. The predicted octanol–water partition coefficient (Wildman–Crippen LogP) is 5.35. The monoisotopic (exact) mass is 553 g/mol. The Morgan fingerprint density at radius 1 is 1.19 bits per heavy atom. The molecule has 1 aliphatic heterocycles. The van der Waals surface area contributed by atoms with E-state index in [-0.39, 0.29) is 49.8 Å². The molecular formula is C25H29F2N3O5S2. The minimum atomic E-state index is -2.58. The number of hydrogen-bond donors (Lipinski definition) is 6. The summed E-state index contributed by atoms with van der Waals surface area (Å²) in [6.45, 7) is 2.83. The number of amides is 1. The van der Waals surface area contributed by atoms with Crippen LogP contribution in [0, 0.1) is 17.6 Å². The first kappa shape index (κ1) is 27.4. The summed E-state index contributed by atoms with van der Waals surface area (Å²) in [4.78, 5) is 16.7. The van der Waals surface area contributed by atoms with Gasteiger partial charge in [0.25, 0.3) is 5.91 Å². The molecule has 0 aliphatic carbocycles. The van der Waals surface area contributed by atoms with Gasteiger partial charge in [-0.15, -0.1) is 11.3 Å². The number of rotatable bonds is 7. The number of hydrogen-bond acceptors (Lipinski definition) is 8. The zero-order valence-corrected chi connectivity index (χ0v) is 21.9. The van der Waals surface area contributed by atoms with Crippen LogP contribution in [0.15, 0.2) is 36.4 Å². The first-order valence-electron chi connectivity index (χ1n) is 11.6. The number of thiophene rings is 1. The first-order valence-corrected chi connectivity index (χ1v) is 14.3. The van der Waals surface area contributed by atoms with Gasteiger partial charge < -0.3 is 21.3 Å². The minimum absolute atomic E-state index is 0.00982. The molecule has 2 aromatic heterocycles. The number of aromatic nitrogens is 1. The van der Waals surface area contributed by atoms with Crippen LogP contribution in [0.1, 0.15) is 54.4 Å². The van der Waals surface area contributed by atoms with Gasteiger partial charge in [0.1, 0.15) is 22.5 Å². The van der Waals surface area contributed by atoms with Crippen molar-refractivity contribution in [1.82, 2.24) is 4.98 Å². The Labute approximate surface area is 218 Å². The highest BCUT2D eigenvalue weighted by Crippen LogP contribution is 2.48. The molecule has 12 heteroatoms. The van der Waals surface area contributed by atoms with Crippen molar-refractivity contribution in [1.29, 1.82) is 0 Å². The van der Waals surface area contributed by atoms with E-state index in [4.69, 9.17) is 5.73 Å². The van der Waals surface area contributed by atoms with Crippen LogP contribution in [0.2, 0.25) is 0 Å². The van der Waals surface area contributed by atoms with E-state index in [0.717, 1.165) is 23.5 Å². The first-order chi connectivity index (χ1) is 17.2. The lowest BCUT2D eigenvalue weighted by Crippen LogP contribution is -2.25. The number of nitrogens with one attached hydrogen (secondary N) is 1. The van der Waals surface area contributed by atoms with Crippen molar-refractivity contribution in [2.24, 2.45) is 11.7 Å². The summed E-state index contributed by atoms with van der Waals surface area (Å²) < 4.78 is 49.5. The summed E-state index contributed by atoms with van der Waals surface area (Å²) in [6.07, 6.45) is -0.0252. The van der Waals surface area contributed by atoms with Crippen LogP contribution in [-0.4, -0.2) is 41.7 Å². The van der Waals surface area contributed by atoms with Gasteiger partial charge in [0.05, 0.1) is 28.5 Å². The second-order valence-electron chi connectivity index (χ2n) is 9.66. The molecule has 200 valence electrons. The predicted molar refractivity (Wildman–Crippen MR) is 141 cm³/mol. The van der Waals surface area contributed by atoms with Crippen LogP contribution in [-0.2, 0) is 5.60 Å². The maximum atomic E-state index is 14.9. The van der Waals surface area contributed by atoms with Crippen molar-refractivity contribution in [3.05, 3.63) is 64.9 Å². The largest absolute Gasteiger partial charge is 0.387 e. The van der Waals surface area contributed by atoms with Crippen molar-refractivity contribution >= 4 is 38.7 Å². The molecule has 0 bridgehead atoms. The molecule has 3 aromatic rings. The number of pyridine rings is 1. The van der Waals surface area contributed by atoms with Crippen molar-refractivity contribution < 1.29 is 32.9 Å². The van der Waals surface area contributed by atoms with Crippen LogP contribution in [0.3, 0.4) is 0 Å². The Morgan fingerprint density at radius 3 is 2.38 bits per heavy atom. The minimum Gasteiger partial charge on any atom is -0.387 e. The van der Waals surface area contributed by atoms with Gasteiger partial charge in [-0.2, -0.15) is 10.6 Å². The number of primary amides is 1. The summed E-state index contributed by atoms with van der Waals surface area (Å²) in [5, 5.41) is 24.1. The Kier molecular flexibility index (Phi) is 7.62. The van der Waals surface area contributed by atoms with Gasteiger partial charge in [0.2, 0.25) is 0 Å². The van der Waals surface area contributed by atoms with Gasteiger partial charge in [-0.25, -0.2) is 13.8 Å². The van der Waals surface area contributed by atoms with E-state index < -0.39 is 39.8 Å². The number of benzene rings is 1. The van der Waals surface area contributed by atoms with Crippen LogP contribution in [0.25, 0.3) is 10.4 Å². The standard InChI is InChI=1S/C25H29F2N3O5S2/c1-25(2,33)14-10-16(26)21(17(27)11-14)19-12-15(23(28)32)24(36-19)30-20-5-3-4-18(29-20)22(31)13-6-8-37(34,35)9-7-13/h3-5,10-13,22,31,33-35H,6-9H2,1-2H3,(H2,28,32)(H,29,30). The van der Waals surface area contributed by atoms with Crippen LogP contribution >= 0.6 is 21.9 Å². The molecule has 4 rings (SSSR count). The summed E-state index contributed by atoms with van der Waals surface area (Å²) in [6, 6.07) is 8.30. The SMILES string of the molecule is CC(C)(O)c1cc(F)c(-c2cc(C(N)=O)c(Nc3cccc(C(O)C4CCS(O)(O)CC4)n3)s2)c(F)c1. The van der Waals surface area contributed by atoms with Crippen LogP contribution < -0.4 is 11.1 Å². The Balaban J connectivity index is 1.62. The molecule has 1 saturated heterocycles. The van der Waals surface area contributed by atoms with Crippen molar-refractivity contribution in [2.75, 3.05) is 16.8 Å².